The first-order valence-corrected chi connectivity index (χ1v) is 9.59. The largest absolute Gasteiger partial charge is 0.465 e. The van der Waals surface area contributed by atoms with Crippen LogP contribution in [0.4, 0.5) is 0 Å². The SMILES string of the molecule is CCOC(=O)C(C(=O)OCC)[C@@H](c1ccccc1)c1c[nH]c2cc(Cl)ccc12. The first-order valence-electron chi connectivity index (χ1n) is 9.21. The molecule has 146 valence electrons. The number of aromatic nitrogens is 1. The van der Waals surface area contributed by atoms with Crippen LogP contribution in [-0.2, 0) is 19.1 Å². The number of fused-ring (bicyclic) bond motifs is 1. The molecule has 0 aliphatic carbocycles. The molecule has 1 aromatic heterocycles. The first-order chi connectivity index (χ1) is 13.6. The molecule has 3 rings (SSSR count). The Bertz CT molecular complexity index is 949. The topological polar surface area (TPSA) is 68.4 Å². The van der Waals surface area contributed by atoms with Crippen molar-refractivity contribution < 1.29 is 19.1 Å². The van der Waals surface area contributed by atoms with Gasteiger partial charge >= 0.3 is 11.9 Å². The predicted molar refractivity (Wildman–Crippen MR) is 108 cm³/mol. The highest BCUT2D eigenvalue weighted by molar-refractivity contribution is 6.31. The predicted octanol–water partition coefficient (Wildman–Crippen LogP) is 4.70. The molecular weight excluding hydrogens is 378 g/mol. The van der Waals surface area contributed by atoms with E-state index in [1.54, 1.807) is 19.9 Å². The van der Waals surface area contributed by atoms with Crippen LogP contribution < -0.4 is 0 Å². The van der Waals surface area contributed by atoms with E-state index in [9.17, 15) is 9.59 Å². The number of rotatable bonds is 7. The quantitative estimate of drug-likeness (QED) is 0.462. The molecule has 0 aliphatic rings. The minimum Gasteiger partial charge on any atom is -0.465 e. The van der Waals surface area contributed by atoms with E-state index in [2.05, 4.69) is 4.98 Å². The molecule has 5 nitrogen and oxygen atoms in total. The lowest BCUT2D eigenvalue weighted by molar-refractivity contribution is -0.162. The third-order valence-electron chi connectivity index (χ3n) is 4.58. The van der Waals surface area contributed by atoms with Crippen LogP contribution in [0.3, 0.4) is 0 Å². The van der Waals surface area contributed by atoms with Gasteiger partial charge in [0, 0.05) is 28.0 Å². The molecule has 0 fully saturated rings. The molecule has 0 spiro atoms. The van der Waals surface area contributed by atoms with Crippen LogP contribution in [0.25, 0.3) is 10.9 Å². The van der Waals surface area contributed by atoms with Gasteiger partial charge in [0.25, 0.3) is 0 Å². The summed E-state index contributed by atoms with van der Waals surface area (Å²) in [5.74, 6) is -2.87. The summed E-state index contributed by atoms with van der Waals surface area (Å²) >= 11 is 6.10. The molecule has 1 N–H and O–H groups in total. The van der Waals surface area contributed by atoms with E-state index in [4.69, 9.17) is 21.1 Å². The minimum atomic E-state index is -1.11. The van der Waals surface area contributed by atoms with E-state index in [0.717, 1.165) is 22.0 Å². The van der Waals surface area contributed by atoms with Crippen molar-refractivity contribution in [1.29, 1.82) is 0 Å². The number of benzene rings is 2. The highest BCUT2D eigenvalue weighted by atomic mass is 35.5. The molecule has 3 aromatic rings. The van der Waals surface area contributed by atoms with E-state index in [0.29, 0.717) is 5.02 Å². The van der Waals surface area contributed by atoms with Gasteiger partial charge in [0.15, 0.2) is 5.92 Å². The molecule has 6 heteroatoms. The fourth-order valence-electron chi connectivity index (χ4n) is 3.42. The number of nitrogens with one attached hydrogen (secondary N) is 1. The third-order valence-corrected chi connectivity index (χ3v) is 4.82. The Morgan fingerprint density at radius 1 is 1.00 bits per heavy atom. The smallest absolute Gasteiger partial charge is 0.321 e. The summed E-state index contributed by atoms with van der Waals surface area (Å²) in [4.78, 5) is 28.8. The van der Waals surface area contributed by atoms with Crippen LogP contribution in [-0.4, -0.2) is 30.1 Å². The number of carbonyl (C=O) groups is 2. The highest BCUT2D eigenvalue weighted by Crippen LogP contribution is 2.38. The zero-order valence-electron chi connectivity index (χ0n) is 15.8. The normalized spacial score (nSPS) is 12.1. The van der Waals surface area contributed by atoms with Crippen molar-refractivity contribution in [3.05, 3.63) is 70.9 Å². The molecule has 1 heterocycles. The maximum Gasteiger partial charge on any atom is 0.321 e. The standard InChI is InChI=1S/C22H22ClNO4/c1-3-27-21(25)20(22(26)28-4-2)19(14-8-6-5-7-9-14)17-13-24-18-12-15(23)10-11-16(17)18/h5-13,19-20,24H,3-4H2,1-2H3/t19-/m0/s1. The summed E-state index contributed by atoms with van der Waals surface area (Å²) < 4.78 is 10.5. The number of aromatic amines is 1. The van der Waals surface area contributed by atoms with Crippen LogP contribution in [0.1, 0.15) is 30.9 Å². The number of H-pyrrole nitrogens is 1. The average molecular weight is 400 g/mol. The van der Waals surface area contributed by atoms with Crippen molar-refractivity contribution in [2.45, 2.75) is 19.8 Å². The zero-order valence-corrected chi connectivity index (χ0v) is 16.5. The molecule has 0 amide bonds. The number of hydrogen-bond acceptors (Lipinski definition) is 4. The number of carbonyl (C=O) groups excluding carboxylic acids is 2. The maximum absolute atomic E-state index is 12.8. The second-order valence-corrected chi connectivity index (χ2v) is 6.74. The highest BCUT2D eigenvalue weighted by Gasteiger charge is 2.40. The maximum atomic E-state index is 12.8. The van der Waals surface area contributed by atoms with Crippen molar-refractivity contribution in [2.24, 2.45) is 5.92 Å². The van der Waals surface area contributed by atoms with Crippen LogP contribution in [0.2, 0.25) is 5.02 Å². The minimum absolute atomic E-state index is 0.180. The third kappa shape index (κ3) is 4.04. The van der Waals surface area contributed by atoms with Gasteiger partial charge < -0.3 is 14.5 Å². The van der Waals surface area contributed by atoms with Gasteiger partial charge in [-0.25, -0.2) is 0 Å². The van der Waals surface area contributed by atoms with Gasteiger partial charge in [-0.15, -0.1) is 0 Å². The van der Waals surface area contributed by atoms with Crippen LogP contribution in [0.5, 0.6) is 0 Å². The lowest BCUT2D eigenvalue weighted by Gasteiger charge is -2.24. The molecule has 1 atom stereocenters. The fourth-order valence-corrected chi connectivity index (χ4v) is 3.59. The second kappa shape index (κ2) is 8.93. The summed E-state index contributed by atoms with van der Waals surface area (Å²) in [7, 11) is 0. The van der Waals surface area contributed by atoms with Gasteiger partial charge in [-0.3, -0.25) is 9.59 Å². The van der Waals surface area contributed by atoms with Crippen molar-refractivity contribution in [1.82, 2.24) is 4.98 Å². The van der Waals surface area contributed by atoms with Gasteiger partial charge in [0.1, 0.15) is 0 Å². The lowest BCUT2D eigenvalue weighted by atomic mass is 9.80. The Labute approximate surface area is 168 Å². The Kier molecular flexibility index (Phi) is 6.37. The monoisotopic (exact) mass is 399 g/mol. The summed E-state index contributed by atoms with van der Waals surface area (Å²) in [6, 6.07) is 14.9. The average Bonchev–Trinajstić information content (AvgIpc) is 3.09. The molecule has 0 unspecified atom stereocenters. The number of ether oxygens (including phenoxy) is 2. The van der Waals surface area contributed by atoms with Crippen LogP contribution >= 0.6 is 11.6 Å². The van der Waals surface area contributed by atoms with E-state index in [1.807, 2.05) is 48.7 Å². The van der Waals surface area contributed by atoms with Crippen molar-refractivity contribution in [3.8, 4) is 0 Å². The van der Waals surface area contributed by atoms with E-state index in [1.165, 1.54) is 0 Å². The Balaban J connectivity index is 2.19. The fraction of sp³-hybridized carbons (Fsp3) is 0.273. The van der Waals surface area contributed by atoms with E-state index in [-0.39, 0.29) is 13.2 Å². The van der Waals surface area contributed by atoms with Crippen LogP contribution in [0.15, 0.2) is 54.7 Å². The molecule has 0 aliphatic heterocycles. The molecule has 28 heavy (non-hydrogen) atoms. The first kappa shape index (κ1) is 20.0. The molecule has 0 saturated heterocycles. The van der Waals surface area contributed by atoms with Gasteiger partial charge in [-0.2, -0.15) is 0 Å². The molecule has 0 radical (unpaired) electrons. The second-order valence-electron chi connectivity index (χ2n) is 6.30. The number of hydrogen-bond donors (Lipinski definition) is 1. The Morgan fingerprint density at radius 3 is 2.25 bits per heavy atom. The summed E-state index contributed by atoms with van der Waals surface area (Å²) in [5, 5.41) is 1.49. The zero-order chi connectivity index (χ0) is 20.1. The molecule has 0 bridgehead atoms. The summed E-state index contributed by atoms with van der Waals surface area (Å²) in [6.45, 7) is 3.79. The Morgan fingerprint density at radius 2 is 1.64 bits per heavy atom. The van der Waals surface area contributed by atoms with Gasteiger partial charge in [0.2, 0.25) is 0 Å². The number of esters is 2. The summed E-state index contributed by atoms with van der Waals surface area (Å²) in [5.41, 5.74) is 2.46. The van der Waals surface area contributed by atoms with E-state index >= 15 is 0 Å². The summed E-state index contributed by atoms with van der Waals surface area (Å²) in [6.07, 6.45) is 1.81. The van der Waals surface area contributed by atoms with Gasteiger partial charge in [0.05, 0.1) is 13.2 Å². The van der Waals surface area contributed by atoms with Crippen molar-refractivity contribution >= 4 is 34.4 Å². The van der Waals surface area contributed by atoms with Gasteiger partial charge in [-0.05, 0) is 37.1 Å². The lowest BCUT2D eigenvalue weighted by Crippen LogP contribution is -2.34. The molecular formula is C22H22ClNO4. The molecule has 2 aromatic carbocycles. The van der Waals surface area contributed by atoms with Gasteiger partial charge in [-0.1, -0.05) is 48.0 Å². The van der Waals surface area contributed by atoms with Crippen molar-refractivity contribution in [2.75, 3.05) is 13.2 Å². The van der Waals surface area contributed by atoms with Crippen LogP contribution in [0, 0.1) is 5.92 Å². The van der Waals surface area contributed by atoms with Crippen molar-refractivity contribution in [3.63, 3.8) is 0 Å². The van der Waals surface area contributed by atoms with E-state index < -0.39 is 23.8 Å². The Hall–Kier alpha value is -2.79. The number of halogens is 1. The molecule has 0 saturated carbocycles.